The SMILES string of the molecule is CCCCOc1cc(C=C(OCC)C(=O)O)ccc1OCCc1ccc(OS(=O)(=O)CCCC)c(OC)c1. The van der Waals surface area contributed by atoms with Gasteiger partial charge >= 0.3 is 16.1 Å². The molecule has 0 heterocycles. The lowest BCUT2D eigenvalue weighted by Crippen LogP contribution is -2.14. The zero-order valence-electron chi connectivity index (χ0n) is 22.5. The quantitative estimate of drug-likeness (QED) is 0.112. The van der Waals surface area contributed by atoms with Crippen LogP contribution in [0.1, 0.15) is 57.6 Å². The van der Waals surface area contributed by atoms with E-state index < -0.39 is 16.1 Å². The minimum atomic E-state index is -3.69. The van der Waals surface area contributed by atoms with Crippen LogP contribution >= 0.6 is 0 Å². The average Bonchev–Trinajstić information content (AvgIpc) is 2.89. The van der Waals surface area contributed by atoms with E-state index in [1.807, 2.05) is 6.92 Å². The molecule has 0 fully saturated rings. The van der Waals surface area contributed by atoms with Crippen molar-refractivity contribution in [3.63, 3.8) is 0 Å². The first-order valence-corrected chi connectivity index (χ1v) is 14.4. The van der Waals surface area contributed by atoms with Crippen LogP contribution in [0.15, 0.2) is 42.2 Å². The molecule has 0 bridgehead atoms. The van der Waals surface area contributed by atoms with Gasteiger partial charge in [-0.05, 0) is 61.2 Å². The Labute approximate surface area is 225 Å². The molecular weight excluding hydrogens is 512 g/mol. The maximum absolute atomic E-state index is 12.2. The van der Waals surface area contributed by atoms with Crippen molar-refractivity contribution in [1.82, 2.24) is 0 Å². The van der Waals surface area contributed by atoms with Crippen LogP contribution in [0.25, 0.3) is 6.08 Å². The molecule has 2 rings (SSSR count). The summed E-state index contributed by atoms with van der Waals surface area (Å²) in [5.41, 5.74) is 1.49. The van der Waals surface area contributed by atoms with Crippen LogP contribution in [0, 0.1) is 0 Å². The summed E-state index contributed by atoms with van der Waals surface area (Å²) in [5.74, 6) is 0.156. The van der Waals surface area contributed by atoms with Crippen LogP contribution in [0.4, 0.5) is 0 Å². The molecule has 0 aliphatic carbocycles. The molecule has 0 saturated carbocycles. The molecule has 210 valence electrons. The number of rotatable bonds is 18. The molecule has 0 aliphatic rings. The number of aliphatic carboxylic acids is 1. The molecule has 1 N–H and O–H groups in total. The summed E-state index contributed by atoms with van der Waals surface area (Å²) in [5, 5.41) is 9.34. The van der Waals surface area contributed by atoms with Gasteiger partial charge in [0.15, 0.2) is 23.0 Å². The summed E-state index contributed by atoms with van der Waals surface area (Å²) in [6.45, 7) is 6.75. The maximum Gasteiger partial charge on any atom is 0.371 e. The van der Waals surface area contributed by atoms with Crippen molar-refractivity contribution in [2.24, 2.45) is 0 Å². The molecule has 0 aliphatic heterocycles. The van der Waals surface area contributed by atoms with Gasteiger partial charge in [0.2, 0.25) is 5.76 Å². The largest absolute Gasteiger partial charge is 0.493 e. The normalized spacial score (nSPS) is 11.6. The summed E-state index contributed by atoms with van der Waals surface area (Å²) in [6, 6.07) is 10.3. The number of carbonyl (C=O) groups is 1. The van der Waals surface area contributed by atoms with Crippen LogP contribution in [-0.2, 0) is 26.1 Å². The summed E-state index contributed by atoms with van der Waals surface area (Å²) in [7, 11) is -2.24. The highest BCUT2D eigenvalue weighted by atomic mass is 32.2. The lowest BCUT2D eigenvalue weighted by molar-refractivity contribution is -0.136. The molecule has 2 aromatic carbocycles. The van der Waals surface area contributed by atoms with Crippen molar-refractivity contribution in [1.29, 1.82) is 0 Å². The van der Waals surface area contributed by atoms with E-state index in [1.54, 1.807) is 43.3 Å². The standard InChI is InChI=1S/C28H38O9S/c1-5-8-15-35-26-19-22(20-27(28(29)30)34-7-3)11-12-23(26)36-16-14-21-10-13-24(25(18-21)33-4)37-38(31,32)17-9-6-2/h10-13,18-20H,5-9,14-17H2,1-4H3,(H,29,30). The fraction of sp³-hybridized carbons (Fsp3) is 0.464. The van der Waals surface area contributed by atoms with Crippen molar-refractivity contribution in [3.8, 4) is 23.0 Å². The summed E-state index contributed by atoms with van der Waals surface area (Å²) < 4.78 is 52.0. The highest BCUT2D eigenvalue weighted by Gasteiger charge is 2.16. The lowest BCUT2D eigenvalue weighted by atomic mass is 10.1. The van der Waals surface area contributed by atoms with E-state index in [-0.39, 0.29) is 23.9 Å². The molecule has 0 radical (unpaired) electrons. The Bertz CT molecular complexity index is 1170. The Hall–Kier alpha value is -3.40. The van der Waals surface area contributed by atoms with Crippen LogP contribution < -0.4 is 18.4 Å². The zero-order valence-corrected chi connectivity index (χ0v) is 23.3. The molecule has 0 spiro atoms. The molecule has 2 aromatic rings. The molecule has 0 atom stereocenters. The Kier molecular flexibility index (Phi) is 12.8. The van der Waals surface area contributed by atoms with E-state index >= 15 is 0 Å². The van der Waals surface area contributed by atoms with Gasteiger partial charge in [0.1, 0.15) is 0 Å². The van der Waals surface area contributed by atoms with E-state index in [1.165, 1.54) is 13.2 Å². The van der Waals surface area contributed by atoms with Gasteiger partial charge in [0.05, 0.1) is 32.7 Å². The van der Waals surface area contributed by atoms with Gasteiger partial charge in [-0.2, -0.15) is 8.42 Å². The van der Waals surface area contributed by atoms with Crippen molar-refractivity contribution in [3.05, 3.63) is 53.3 Å². The number of hydrogen-bond donors (Lipinski definition) is 1. The van der Waals surface area contributed by atoms with E-state index in [0.717, 1.165) is 24.8 Å². The van der Waals surface area contributed by atoms with Crippen molar-refractivity contribution in [2.45, 2.75) is 52.9 Å². The zero-order chi connectivity index (χ0) is 28.0. The van der Waals surface area contributed by atoms with E-state index in [9.17, 15) is 18.3 Å². The second-order valence-corrected chi connectivity index (χ2v) is 10.1. The fourth-order valence-electron chi connectivity index (χ4n) is 3.36. The van der Waals surface area contributed by atoms with Crippen LogP contribution in [0.5, 0.6) is 23.0 Å². The summed E-state index contributed by atoms with van der Waals surface area (Å²) in [6.07, 6.45) is 5.06. The molecule has 0 amide bonds. The third kappa shape index (κ3) is 10.2. The molecule has 38 heavy (non-hydrogen) atoms. The van der Waals surface area contributed by atoms with Crippen molar-refractivity contribution in [2.75, 3.05) is 32.7 Å². The average molecular weight is 551 g/mol. The number of carboxylic acids is 1. The van der Waals surface area contributed by atoms with E-state index in [0.29, 0.717) is 48.9 Å². The monoisotopic (exact) mass is 550 g/mol. The third-order valence-corrected chi connectivity index (χ3v) is 6.59. The van der Waals surface area contributed by atoms with Crippen LogP contribution in [0.3, 0.4) is 0 Å². The second-order valence-electron chi connectivity index (χ2n) is 8.44. The lowest BCUT2D eigenvalue weighted by Gasteiger charge is -2.15. The van der Waals surface area contributed by atoms with Gasteiger partial charge in [0, 0.05) is 6.42 Å². The summed E-state index contributed by atoms with van der Waals surface area (Å²) in [4.78, 5) is 11.4. The highest BCUT2D eigenvalue weighted by molar-refractivity contribution is 7.87. The smallest absolute Gasteiger partial charge is 0.371 e. The molecule has 10 heteroatoms. The van der Waals surface area contributed by atoms with E-state index in [2.05, 4.69) is 6.92 Å². The molecular formula is C28H38O9S. The predicted octanol–water partition coefficient (Wildman–Crippen LogP) is 5.47. The molecule has 0 unspecified atom stereocenters. The first kappa shape index (κ1) is 30.8. The molecule has 0 aromatic heterocycles. The summed E-state index contributed by atoms with van der Waals surface area (Å²) >= 11 is 0. The Morgan fingerprint density at radius 3 is 2.26 bits per heavy atom. The number of carboxylic acid groups (broad SMARTS) is 1. The number of methoxy groups -OCH3 is 1. The van der Waals surface area contributed by atoms with Gasteiger partial charge in [0.25, 0.3) is 0 Å². The van der Waals surface area contributed by atoms with Crippen molar-refractivity contribution >= 4 is 22.2 Å². The minimum absolute atomic E-state index is 0.0528. The molecule has 0 saturated heterocycles. The van der Waals surface area contributed by atoms with Crippen molar-refractivity contribution < 1.29 is 41.4 Å². The second kappa shape index (κ2) is 15.8. The number of hydrogen-bond acceptors (Lipinski definition) is 8. The Morgan fingerprint density at radius 1 is 0.895 bits per heavy atom. The Morgan fingerprint density at radius 2 is 1.61 bits per heavy atom. The fourth-order valence-corrected chi connectivity index (χ4v) is 4.50. The number of benzene rings is 2. The predicted molar refractivity (Wildman–Crippen MR) is 146 cm³/mol. The highest BCUT2D eigenvalue weighted by Crippen LogP contribution is 2.32. The van der Waals surface area contributed by atoms with Gasteiger partial charge in [-0.15, -0.1) is 0 Å². The van der Waals surface area contributed by atoms with Gasteiger partial charge in [-0.25, -0.2) is 4.79 Å². The third-order valence-electron chi connectivity index (χ3n) is 5.37. The van der Waals surface area contributed by atoms with E-state index in [4.69, 9.17) is 23.1 Å². The minimum Gasteiger partial charge on any atom is -0.493 e. The Balaban J connectivity index is 2.14. The molecule has 9 nitrogen and oxygen atoms in total. The van der Waals surface area contributed by atoms with Gasteiger partial charge < -0.3 is 28.2 Å². The number of unbranched alkanes of at least 4 members (excludes halogenated alkanes) is 2. The van der Waals surface area contributed by atoms with Crippen LogP contribution in [0.2, 0.25) is 0 Å². The van der Waals surface area contributed by atoms with Gasteiger partial charge in [-0.1, -0.05) is 38.8 Å². The first-order valence-electron chi connectivity index (χ1n) is 12.8. The topological polar surface area (TPSA) is 118 Å². The van der Waals surface area contributed by atoms with Gasteiger partial charge in [-0.3, -0.25) is 0 Å². The number of ether oxygens (including phenoxy) is 4. The maximum atomic E-state index is 12.2. The first-order chi connectivity index (χ1) is 18.2. The van der Waals surface area contributed by atoms with Crippen LogP contribution in [-0.4, -0.2) is 52.2 Å².